The summed E-state index contributed by atoms with van der Waals surface area (Å²) in [6.07, 6.45) is 2.00. The standard InChI is InChI=1S/C15H14Cl2N2O3/c1-9-4-3-5-19-11(20)6-10(18-12(9)19)7-22-13(21)14(2)8-15(14,16)17/h3-6H,7-8H2,1-2H3/t14-/m0/s1. The van der Waals surface area contributed by atoms with Crippen molar-refractivity contribution in [2.24, 2.45) is 5.41 Å². The van der Waals surface area contributed by atoms with Crippen molar-refractivity contribution in [2.45, 2.75) is 31.2 Å². The SMILES string of the molecule is Cc1cccn2c(=O)cc(COC(=O)[C@]3(C)CC3(Cl)Cl)nc12. The molecule has 2 heterocycles. The van der Waals surface area contributed by atoms with E-state index in [2.05, 4.69) is 4.98 Å². The summed E-state index contributed by atoms with van der Waals surface area (Å²) < 4.78 is 5.59. The Kier molecular flexibility index (Phi) is 3.45. The third-order valence-electron chi connectivity index (χ3n) is 4.00. The quantitative estimate of drug-likeness (QED) is 0.636. The molecule has 0 radical (unpaired) electrons. The number of alkyl halides is 2. The minimum absolute atomic E-state index is 0.0850. The number of hydrogen-bond donors (Lipinski definition) is 0. The Morgan fingerprint density at radius 1 is 1.50 bits per heavy atom. The summed E-state index contributed by atoms with van der Waals surface area (Å²) in [4.78, 5) is 28.4. The lowest BCUT2D eigenvalue weighted by Crippen LogP contribution is -2.22. The van der Waals surface area contributed by atoms with Gasteiger partial charge in [-0.3, -0.25) is 14.0 Å². The van der Waals surface area contributed by atoms with Crippen LogP contribution in [0.15, 0.2) is 29.2 Å². The van der Waals surface area contributed by atoms with E-state index in [0.29, 0.717) is 17.8 Å². The molecule has 1 saturated carbocycles. The predicted molar refractivity (Wildman–Crippen MR) is 83.2 cm³/mol. The van der Waals surface area contributed by atoms with E-state index in [0.717, 1.165) is 5.56 Å². The van der Waals surface area contributed by atoms with Gasteiger partial charge >= 0.3 is 5.97 Å². The molecule has 1 aliphatic carbocycles. The highest BCUT2D eigenvalue weighted by molar-refractivity contribution is 6.53. The molecule has 7 heteroatoms. The van der Waals surface area contributed by atoms with Crippen LogP contribution in [0, 0.1) is 12.3 Å². The van der Waals surface area contributed by atoms with Crippen molar-refractivity contribution < 1.29 is 9.53 Å². The van der Waals surface area contributed by atoms with Gasteiger partial charge in [-0.15, -0.1) is 23.2 Å². The lowest BCUT2D eigenvalue weighted by molar-refractivity contribution is -0.151. The molecule has 0 saturated heterocycles. The summed E-state index contributed by atoms with van der Waals surface area (Å²) in [5.74, 6) is -0.482. The molecule has 0 unspecified atom stereocenters. The second kappa shape index (κ2) is 4.96. The summed E-state index contributed by atoms with van der Waals surface area (Å²) in [6, 6.07) is 4.99. The molecule has 1 aliphatic rings. The van der Waals surface area contributed by atoms with Gasteiger partial charge < -0.3 is 4.74 Å². The molecule has 0 spiro atoms. The number of nitrogens with zero attached hydrogens (tertiary/aromatic N) is 2. The van der Waals surface area contributed by atoms with E-state index in [-0.39, 0.29) is 12.2 Å². The Morgan fingerprint density at radius 2 is 2.18 bits per heavy atom. The first-order valence-corrected chi connectivity index (χ1v) is 7.53. The molecule has 2 aromatic rings. The molecular formula is C15H14Cl2N2O3. The number of ether oxygens (including phenoxy) is 1. The van der Waals surface area contributed by atoms with Gasteiger partial charge in [-0.25, -0.2) is 4.98 Å². The number of hydrogen-bond acceptors (Lipinski definition) is 4. The fourth-order valence-corrected chi connectivity index (χ4v) is 2.99. The first-order valence-electron chi connectivity index (χ1n) is 6.77. The van der Waals surface area contributed by atoms with Crippen molar-refractivity contribution in [1.82, 2.24) is 9.38 Å². The van der Waals surface area contributed by atoms with Crippen LogP contribution in [0.3, 0.4) is 0 Å². The Morgan fingerprint density at radius 3 is 2.82 bits per heavy atom. The lowest BCUT2D eigenvalue weighted by Gasteiger charge is -2.12. The average molecular weight is 341 g/mol. The summed E-state index contributed by atoms with van der Waals surface area (Å²) in [6.45, 7) is 3.43. The molecule has 5 nitrogen and oxygen atoms in total. The van der Waals surface area contributed by atoms with Crippen molar-refractivity contribution in [3.8, 4) is 0 Å². The lowest BCUT2D eigenvalue weighted by atomic mass is 10.1. The van der Waals surface area contributed by atoms with Crippen LogP contribution < -0.4 is 5.56 Å². The molecule has 0 aliphatic heterocycles. The van der Waals surface area contributed by atoms with Gasteiger partial charge in [0.25, 0.3) is 5.56 Å². The van der Waals surface area contributed by atoms with Crippen LogP contribution >= 0.6 is 23.2 Å². The van der Waals surface area contributed by atoms with E-state index in [9.17, 15) is 9.59 Å². The molecular weight excluding hydrogens is 327 g/mol. The van der Waals surface area contributed by atoms with Crippen molar-refractivity contribution in [3.05, 3.63) is 46.0 Å². The molecule has 0 aromatic carbocycles. The Hall–Kier alpha value is -1.59. The molecule has 3 rings (SSSR count). The number of esters is 1. The van der Waals surface area contributed by atoms with E-state index >= 15 is 0 Å². The normalized spacial score (nSPS) is 22.5. The van der Waals surface area contributed by atoms with Gasteiger partial charge in [0, 0.05) is 18.7 Å². The Labute approximate surface area is 136 Å². The number of fused-ring (bicyclic) bond motifs is 1. The third-order valence-corrected chi connectivity index (χ3v) is 5.10. The van der Waals surface area contributed by atoms with Crippen LogP contribution in [0.1, 0.15) is 24.6 Å². The van der Waals surface area contributed by atoms with Crippen LogP contribution in [0.4, 0.5) is 0 Å². The second-order valence-corrected chi connectivity index (χ2v) is 7.24. The first-order chi connectivity index (χ1) is 10.2. The van der Waals surface area contributed by atoms with Gasteiger partial charge in [-0.05, 0) is 25.5 Å². The molecule has 0 amide bonds. The fourth-order valence-electron chi connectivity index (χ4n) is 2.30. The smallest absolute Gasteiger partial charge is 0.315 e. The number of carbonyl (C=O) groups excluding carboxylic acids is 1. The highest BCUT2D eigenvalue weighted by Crippen LogP contribution is 2.64. The highest BCUT2D eigenvalue weighted by Gasteiger charge is 2.69. The van der Waals surface area contributed by atoms with E-state index in [4.69, 9.17) is 27.9 Å². The van der Waals surface area contributed by atoms with Gasteiger partial charge in [-0.1, -0.05) is 6.07 Å². The van der Waals surface area contributed by atoms with Crippen molar-refractivity contribution >= 4 is 34.8 Å². The topological polar surface area (TPSA) is 60.7 Å². The maximum absolute atomic E-state index is 12.0. The van der Waals surface area contributed by atoms with Crippen LogP contribution in [-0.4, -0.2) is 19.7 Å². The largest absolute Gasteiger partial charge is 0.459 e. The molecule has 116 valence electrons. The Bertz CT molecular complexity index is 831. The predicted octanol–water partition coefficient (Wildman–Crippen LogP) is 2.63. The maximum atomic E-state index is 12.0. The summed E-state index contributed by atoms with van der Waals surface area (Å²) >= 11 is 11.9. The molecule has 2 aromatic heterocycles. The van der Waals surface area contributed by atoms with Gasteiger partial charge in [0.1, 0.15) is 22.0 Å². The zero-order valence-electron chi connectivity index (χ0n) is 12.1. The number of pyridine rings is 1. The van der Waals surface area contributed by atoms with E-state index < -0.39 is 15.7 Å². The van der Waals surface area contributed by atoms with Gasteiger partial charge in [0.15, 0.2) is 0 Å². The van der Waals surface area contributed by atoms with Crippen LogP contribution in [0.2, 0.25) is 0 Å². The molecule has 1 fully saturated rings. The van der Waals surface area contributed by atoms with Crippen LogP contribution in [0.25, 0.3) is 5.65 Å². The molecule has 0 bridgehead atoms. The summed E-state index contributed by atoms with van der Waals surface area (Å²) in [5.41, 5.74) is 0.691. The van der Waals surface area contributed by atoms with E-state index in [1.807, 2.05) is 13.0 Å². The minimum Gasteiger partial charge on any atom is -0.459 e. The number of rotatable bonds is 3. The van der Waals surface area contributed by atoms with Gasteiger partial charge in [0.2, 0.25) is 0 Å². The fraction of sp³-hybridized carbons (Fsp3) is 0.400. The van der Waals surface area contributed by atoms with E-state index in [1.165, 1.54) is 10.5 Å². The number of aryl methyl sites for hydroxylation is 1. The van der Waals surface area contributed by atoms with Crippen LogP contribution in [0.5, 0.6) is 0 Å². The van der Waals surface area contributed by atoms with E-state index in [1.54, 1.807) is 19.2 Å². The zero-order chi connectivity index (χ0) is 16.1. The summed E-state index contributed by atoms with van der Waals surface area (Å²) in [5, 5.41) is 0. The zero-order valence-corrected chi connectivity index (χ0v) is 13.6. The Balaban J connectivity index is 1.82. The first kappa shape index (κ1) is 15.3. The second-order valence-electron chi connectivity index (χ2n) is 5.76. The minimum atomic E-state index is -1.07. The summed E-state index contributed by atoms with van der Waals surface area (Å²) in [7, 11) is 0. The van der Waals surface area contributed by atoms with Crippen LogP contribution in [-0.2, 0) is 16.1 Å². The van der Waals surface area contributed by atoms with Crippen molar-refractivity contribution in [2.75, 3.05) is 0 Å². The maximum Gasteiger partial charge on any atom is 0.315 e. The van der Waals surface area contributed by atoms with Crippen molar-refractivity contribution in [3.63, 3.8) is 0 Å². The number of halogens is 2. The average Bonchev–Trinajstić information content (AvgIpc) is 2.97. The van der Waals surface area contributed by atoms with Gasteiger partial charge in [-0.2, -0.15) is 0 Å². The number of aromatic nitrogens is 2. The third kappa shape index (κ3) is 2.38. The monoisotopic (exact) mass is 340 g/mol. The highest BCUT2D eigenvalue weighted by atomic mass is 35.5. The molecule has 1 atom stereocenters. The molecule has 0 N–H and O–H groups in total. The molecule has 22 heavy (non-hydrogen) atoms. The van der Waals surface area contributed by atoms with Gasteiger partial charge in [0.05, 0.1) is 5.69 Å². The number of carbonyl (C=O) groups is 1. The van der Waals surface area contributed by atoms with Crippen molar-refractivity contribution in [1.29, 1.82) is 0 Å².